The molecule has 40 heavy (non-hydrogen) atoms. The summed E-state index contributed by atoms with van der Waals surface area (Å²) in [5.74, 6) is 0.176. The molecule has 1 saturated heterocycles. The number of nitrogens with zero attached hydrogens (tertiary/aromatic N) is 3. The van der Waals surface area contributed by atoms with Crippen LogP contribution >= 0.6 is 0 Å². The monoisotopic (exact) mass is 543 g/mol. The van der Waals surface area contributed by atoms with E-state index in [0.29, 0.717) is 61.8 Å². The van der Waals surface area contributed by atoms with Gasteiger partial charge in [-0.25, -0.2) is 4.98 Å². The average Bonchev–Trinajstić information content (AvgIpc) is 3.66. The molecule has 2 aromatic carbocycles. The molecule has 1 aromatic heterocycles. The van der Waals surface area contributed by atoms with Crippen LogP contribution in [-0.2, 0) is 22.6 Å². The van der Waals surface area contributed by atoms with Crippen molar-refractivity contribution < 1.29 is 28.9 Å². The SMILES string of the molecule is C=CCOc1ccc([C@@H]2C(=C(O)c3ccc4c(c3)C[C@H](C)O4)C(=O)C(=O)N2CCCn2ccnc2)cc1OCC. The number of ether oxygens (including phenoxy) is 3. The quantitative estimate of drug-likeness (QED) is 0.162. The normalized spacial score (nSPS) is 19.4. The predicted molar refractivity (Wildman–Crippen MR) is 149 cm³/mol. The van der Waals surface area contributed by atoms with Crippen LogP contribution in [0.1, 0.15) is 43.0 Å². The standard InChI is InChI=1S/C31H33N3O6/c1-4-15-39-25-10-7-21(18-26(25)38-5-2)28-27(29(35)22-8-9-24-23(17-22)16-20(3)40-24)30(36)31(37)34(28)13-6-12-33-14-11-32-19-33/h4,7-11,14,17-20,28,35H,1,5-6,12-13,15-16H2,2-3H3/t20-,28+/m0/s1. The Bertz CT molecular complexity index is 1450. The van der Waals surface area contributed by atoms with Gasteiger partial charge in [0.15, 0.2) is 11.5 Å². The smallest absolute Gasteiger partial charge is 0.295 e. The van der Waals surface area contributed by atoms with Crippen LogP contribution in [0.25, 0.3) is 5.76 Å². The molecule has 2 atom stereocenters. The average molecular weight is 544 g/mol. The number of aliphatic hydroxyl groups is 1. The summed E-state index contributed by atoms with van der Waals surface area (Å²) >= 11 is 0. The molecule has 0 saturated carbocycles. The van der Waals surface area contributed by atoms with E-state index in [9.17, 15) is 14.7 Å². The lowest BCUT2D eigenvalue weighted by atomic mass is 9.94. The highest BCUT2D eigenvalue weighted by atomic mass is 16.5. The third kappa shape index (κ3) is 5.32. The lowest BCUT2D eigenvalue weighted by molar-refractivity contribution is -0.139. The Hall–Kier alpha value is -4.53. The zero-order valence-corrected chi connectivity index (χ0v) is 22.7. The molecule has 2 aliphatic heterocycles. The molecule has 0 unspecified atom stereocenters. The van der Waals surface area contributed by atoms with Crippen molar-refractivity contribution in [2.24, 2.45) is 0 Å². The number of carbonyl (C=O) groups is 2. The zero-order chi connectivity index (χ0) is 28.2. The third-order valence-corrected chi connectivity index (χ3v) is 7.02. The minimum absolute atomic E-state index is 0.0345. The Balaban J connectivity index is 1.56. The lowest BCUT2D eigenvalue weighted by Crippen LogP contribution is -2.31. The number of ketones is 1. The number of Topliss-reactive ketones (excluding diaryl/α,β-unsaturated/α-hetero) is 1. The van der Waals surface area contributed by atoms with Crippen molar-refractivity contribution in [3.63, 3.8) is 0 Å². The number of hydrogen-bond acceptors (Lipinski definition) is 7. The highest BCUT2D eigenvalue weighted by Gasteiger charge is 2.46. The fraction of sp³-hybridized carbons (Fsp3) is 0.323. The molecule has 0 aliphatic carbocycles. The van der Waals surface area contributed by atoms with E-state index in [1.807, 2.05) is 30.7 Å². The maximum atomic E-state index is 13.5. The van der Waals surface area contributed by atoms with E-state index in [4.69, 9.17) is 14.2 Å². The summed E-state index contributed by atoms with van der Waals surface area (Å²) in [5.41, 5.74) is 2.09. The van der Waals surface area contributed by atoms with Gasteiger partial charge < -0.3 is 28.8 Å². The molecule has 1 N–H and O–H groups in total. The molecular weight excluding hydrogens is 510 g/mol. The molecule has 1 fully saturated rings. The molecule has 9 heteroatoms. The molecule has 9 nitrogen and oxygen atoms in total. The number of fused-ring (bicyclic) bond motifs is 1. The minimum atomic E-state index is -0.807. The van der Waals surface area contributed by atoms with Crippen LogP contribution in [0.2, 0.25) is 0 Å². The second-order valence-corrected chi connectivity index (χ2v) is 9.84. The molecule has 1 amide bonds. The van der Waals surface area contributed by atoms with Crippen LogP contribution in [-0.4, -0.2) is 57.1 Å². The number of rotatable bonds is 11. The van der Waals surface area contributed by atoms with Crippen molar-refractivity contribution in [3.05, 3.63) is 90.0 Å². The third-order valence-electron chi connectivity index (χ3n) is 7.02. The van der Waals surface area contributed by atoms with Gasteiger partial charge in [-0.3, -0.25) is 9.59 Å². The van der Waals surface area contributed by atoms with Gasteiger partial charge in [0, 0.05) is 37.5 Å². The van der Waals surface area contributed by atoms with Crippen LogP contribution in [0.4, 0.5) is 0 Å². The number of likely N-dealkylation sites (tertiary alicyclic amines) is 1. The number of imidazole rings is 1. The van der Waals surface area contributed by atoms with Crippen LogP contribution < -0.4 is 14.2 Å². The summed E-state index contributed by atoms with van der Waals surface area (Å²) < 4.78 is 19.3. The van der Waals surface area contributed by atoms with Crippen LogP contribution in [0.3, 0.4) is 0 Å². The lowest BCUT2D eigenvalue weighted by Gasteiger charge is -2.26. The van der Waals surface area contributed by atoms with Gasteiger partial charge in [0.25, 0.3) is 11.7 Å². The first-order valence-electron chi connectivity index (χ1n) is 13.5. The Morgan fingerprint density at radius 3 is 2.77 bits per heavy atom. The topological polar surface area (TPSA) is 103 Å². The van der Waals surface area contributed by atoms with Gasteiger partial charge in [-0.05, 0) is 61.7 Å². The fourth-order valence-corrected chi connectivity index (χ4v) is 5.26. The summed E-state index contributed by atoms with van der Waals surface area (Å²) in [6, 6.07) is 9.85. The minimum Gasteiger partial charge on any atom is -0.507 e. The number of benzene rings is 2. The molecule has 0 bridgehead atoms. The van der Waals surface area contributed by atoms with E-state index in [0.717, 1.165) is 11.3 Å². The van der Waals surface area contributed by atoms with Gasteiger partial charge in [-0.15, -0.1) is 0 Å². The number of amides is 1. The first-order valence-corrected chi connectivity index (χ1v) is 13.5. The van der Waals surface area contributed by atoms with E-state index < -0.39 is 17.7 Å². The Morgan fingerprint density at radius 2 is 2.02 bits per heavy atom. The molecule has 5 rings (SSSR count). The van der Waals surface area contributed by atoms with E-state index >= 15 is 0 Å². The molecule has 3 aromatic rings. The first-order chi connectivity index (χ1) is 19.4. The van der Waals surface area contributed by atoms with Crippen molar-refractivity contribution in [2.45, 2.75) is 45.4 Å². The maximum Gasteiger partial charge on any atom is 0.295 e. The van der Waals surface area contributed by atoms with E-state index in [1.165, 1.54) is 4.90 Å². The zero-order valence-electron chi connectivity index (χ0n) is 22.7. The van der Waals surface area contributed by atoms with Crippen molar-refractivity contribution in [2.75, 3.05) is 19.8 Å². The first kappa shape index (κ1) is 27.1. The second-order valence-electron chi connectivity index (χ2n) is 9.84. The van der Waals surface area contributed by atoms with Crippen molar-refractivity contribution in [1.82, 2.24) is 14.5 Å². The molecule has 208 valence electrons. The number of hydrogen-bond donors (Lipinski definition) is 1. The van der Waals surface area contributed by atoms with Gasteiger partial charge in [-0.1, -0.05) is 18.7 Å². The highest BCUT2D eigenvalue weighted by Crippen LogP contribution is 2.43. The number of carbonyl (C=O) groups excluding carboxylic acids is 2. The molecule has 0 spiro atoms. The fourth-order valence-electron chi connectivity index (χ4n) is 5.26. The molecular formula is C31H33N3O6. The predicted octanol–water partition coefficient (Wildman–Crippen LogP) is 4.68. The Kier molecular flexibility index (Phi) is 7.91. The number of aromatic nitrogens is 2. The summed E-state index contributed by atoms with van der Waals surface area (Å²) in [4.78, 5) is 32.5. The second kappa shape index (κ2) is 11.7. The highest BCUT2D eigenvalue weighted by molar-refractivity contribution is 6.46. The van der Waals surface area contributed by atoms with Gasteiger partial charge in [0.1, 0.15) is 24.2 Å². The van der Waals surface area contributed by atoms with Crippen molar-refractivity contribution >= 4 is 17.4 Å². The number of aryl methyl sites for hydroxylation is 1. The molecule has 2 aliphatic rings. The summed E-state index contributed by atoms with van der Waals surface area (Å²) in [6.45, 7) is 9.16. The summed E-state index contributed by atoms with van der Waals surface area (Å²) in [5, 5.41) is 11.5. The van der Waals surface area contributed by atoms with Crippen LogP contribution in [0.15, 0.2) is 73.3 Å². The maximum absolute atomic E-state index is 13.5. The van der Waals surface area contributed by atoms with Crippen LogP contribution in [0.5, 0.6) is 17.2 Å². The van der Waals surface area contributed by atoms with E-state index in [2.05, 4.69) is 11.6 Å². The molecule has 3 heterocycles. The van der Waals surface area contributed by atoms with Crippen molar-refractivity contribution in [1.29, 1.82) is 0 Å². The number of aliphatic hydroxyl groups excluding tert-OH is 1. The van der Waals surface area contributed by atoms with E-state index in [-0.39, 0.29) is 17.4 Å². The van der Waals surface area contributed by atoms with Crippen molar-refractivity contribution in [3.8, 4) is 17.2 Å². The van der Waals surface area contributed by atoms with E-state index in [1.54, 1.807) is 48.9 Å². The van der Waals surface area contributed by atoms with Gasteiger partial charge in [-0.2, -0.15) is 0 Å². The largest absolute Gasteiger partial charge is 0.507 e. The summed E-state index contributed by atoms with van der Waals surface area (Å²) in [6.07, 6.45) is 8.22. The van der Waals surface area contributed by atoms with Gasteiger partial charge >= 0.3 is 0 Å². The van der Waals surface area contributed by atoms with Gasteiger partial charge in [0.05, 0.1) is 24.5 Å². The Morgan fingerprint density at radius 1 is 1.18 bits per heavy atom. The summed E-state index contributed by atoms with van der Waals surface area (Å²) in [7, 11) is 0. The molecule has 0 radical (unpaired) electrons. The Labute approximate surface area is 233 Å². The van der Waals surface area contributed by atoms with Crippen LogP contribution in [0, 0.1) is 0 Å². The van der Waals surface area contributed by atoms with Gasteiger partial charge in [0.2, 0.25) is 0 Å².